The second-order valence-electron chi connectivity index (χ2n) is 12.1. The molecule has 0 aliphatic carbocycles. The lowest BCUT2D eigenvalue weighted by Gasteiger charge is -2.31. The summed E-state index contributed by atoms with van der Waals surface area (Å²) in [6.45, 7) is 15.2. The van der Waals surface area contributed by atoms with Crippen molar-refractivity contribution in [1.29, 1.82) is 0 Å². The molecule has 3 aromatic heterocycles. The number of nitrogens with zero attached hydrogens (tertiary/aromatic N) is 3. The minimum absolute atomic E-state index is 0.368. The monoisotopic (exact) mass is 533 g/mol. The molecule has 0 unspecified atom stereocenters. The van der Waals surface area contributed by atoms with Gasteiger partial charge in [-0.1, -0.05) is 70.2 Å². The van der Waals surface area contributed by atoms with Crippen molar-refractivity contribution in [3.63, 3.8) is 0 Å². The highest BCUT2D eigenvalue weighted by atomic mass is 16.6. The van der Waals surface area contributed by atoms with E-state index in [1.165, 1.54) is 11.0 Å². The maximum atomic E-state index is 13.7. The Kier molecular flexibility index (Phi) is 6.56. The summed E-state index contributed by atoms with van der Waals surface area (Å²) in [6, 6.07) is 21.1. The van der Waals surface area contributed by atoms with Gasteiger partial charge in [0.2, 0.25) is 0 Å². The van der Waals surface area contributed by atoms with Gasteiger partial charge in [0, 0.05) is 69.2 Å². The molecule has 4 heterocycles. The van der Waals surface area contributed by atoms with E-state index in [0.29, 0.717) is 17.5 Å². The van der Waals surface area contributed by atoms with Crippen molar-refractivity contribution in [3.05, 3.63) is 101 Å². The Morgan fingerprint density at radius 3 is 1.75 bits per heavy atom. The summed E-state index contributed by atoms with van der Waals surface area (Å²) >= 11 is 0. The third-order valence-electron chi connectivity index (χ3n) is 8.65. The zero-order valence-corrected chi connectivity index (χ0v) is 24.5. The third-order valence-corrected chi connectivity index (χ3v) is 8.65. The zero-order valence-electron chi connectivity index (χ0n) is 24.5. The molecular formula is C35H39N3O2. The second kappa shape index (κ2) is 9.96. The van der Waals surface area contributed by atoms with Gasteiger partial charge in [0.15, 0.2) is 11.3 Å². The number of hydrogen-bond acceptors (Lipinski definition) is 3. The maximum absolute atomic E-state index is 13.7. The van der Waals surface area contributed by atoms with Crippen molar-refractivity contribution in [2.75, 3.05) is 0 Å². The molecule has 0 bridgehead atoms. The summed E-state index contributed by atoms with van der Waals surface area (Å²) < 4.78 is 11.6. The summed E-state index contributed by atoms with van der Waals surface area (Å²) in [6.07, 6.45) is 3.82. The van der Waals surface area contributed by atoms with Crippen molar-refractivity contribution in [2.45, 2.75) is 73.1 Å². The van der Waals surface area contributed by atoms with Gasteiger partial charge in [0.1, 0.15) is 0 Å². The van der Waals surface area contributed by atoms with Crippen molar-refractivity contribution in [2.24, 2.45) is 11.8 Å². The smallest absolute Gasteiger partial charge is 0.358 e. The fraction of sp³-hybridized carbons (Fsp3) is 0.371. The van der Waals surface area contributed by atoms with Gasteiger partial charge in [-0.05, 0) is 56.7 Å². The molecule has 0 fully saturated rings. The van der Waals surface area contributed by atoms with Gasteiger partial charge in [-0.3, -0.25) is 0 Å². The highest BCUT2D eigenvalue weighted by molar-refractivity contribution is 6.00. The summed E-state index contributed by atoms with van der Waals surface area (Å²) in [5, 5.41) is 2.23. The van der Waals surface area contributed by atoms with Crippen LogP contribution in [0.4, 0.5) is 0 Å². The summed E-state index contributed by atoms with van der Waals surface area (Å²) in [5.74, 6) is 0.786. The van der Waals surface area contributed by atoms with Crippen molar-refractivity contribution in [3.8, 4) is 0 Å². The highest BCUT2D eigenvalue weighted by Gasteiger charge is 2.54. The number of benzene rings is 2. The van der Waals surface area contributed by atoms with Crippen molar-refractivity contribution >= 4 is 27.8 Å². The fourth-order valence-electron chi connectivity index (χ4n) is 6.69. The quantitative estimate of drug-likeness (QED) is 0.189. The molecule has 206 valence electrons. The Bertz CT molecular complexity index is 1640. The summed E-state index contributed by atoms with van der Waals surface area (Å²) in [7, 11) is 0. The molecule has 5 nitrogen and oxygen atoms in total. The second-order valence-corrected chi connectivity index (χ2v) is 12.1. The molecular weight excluding hydrogens is 494 g/mol. The zero-order chi connectivity index (χ0) is 28.2. The van der Waals surface area contributed by atoms with Gasteiger partial charge in [0.25, 0.3) is 0 Å². The first-order valence-electron chi connectivity index (χ1n) is 14.6. The molecule has 0 N–H and O–H groups in total. The molecule has 0 atom stereocenters. The van der Waals surface area contributed by atoms with E-state index < -0.39 is 5.60 Å². The number of pyridine rings is 1. The van der Waals surface area contributed by atoms with Gasteiger partial charge in [-0.2, -0.15) is 0 Å². The van der Waals surface area contributed by atoms with Crippen molar-refractivity contribution < 1.29 is 9.53 Å². The van der Waals surface area contributed by atoms with Gasteiger partial charge < -0.3 is 13.9 Å². The molecule has 1 aliphatic heterocycles. The van der Waals surface area contributed by atoms with Crippen LogP contribution in [0.5, 0.6) is 0 Å². The Hall–Kier alpha value is -3.86. The summed E-state index contributed by atoms with van der Waals surface area (Å²) in [5.41, 5.74) is 6.80. The van der Waals surface area contributed by atoms with Crippen LogP contribution in [0, 0.1) is 25.7 Å². The number of ether oxygens (including phenoxy) is 1. The van der Waals surface area contributed by atoms with Crippen LogP contribution in [-0.2, 0) is 23.4 Å². The lowest BCUT2D eigenvalue weighted by molar-refractivity contribution is 0.0253. The lowest BCUT2D eigenvalue weighted by Crippen LogP contribution is -2.31. The van der Waals surface area contributed by atoms with E-state index in [9.17, 15) is 4.79 Å². The van der Waals surface area contributed by atoms with Gasteiger partial charge in [0.05, 0.1) is 0 Å². The third kappa shape index (κ3) is 3.89. The van der Waals surface area contributed by atoms with Crippen LogP contribution in [0.15, 0.2) is 66.9 Å². The Balaban J connectivity index is 1.74. The molecule has 0 amide bonds. The average Bonchev–Trinajstić information content (AvgIpc) is 3.50. The number of aryl methyl sites for hydroxylation is 2. The first kappa shape index (κ1) is 26.4. The number of carbonyl (C=O) groups excluding carboxylic acids is 1. The molecule has 0 saturated heterocycles. The molecule has 6 rings (SSSR count). The summed E-state index contributed by atoms with van der Waals surface area (Å²) in [4.78, 5) is 18.2. The SMILES string of the molecule is Cc1c(C2(c3c(C)n(CCC(C)C)c4ccccc34)OC(=O)c3ncccc32)c2ccccc2n1CCC(C)C. The number of hydrogen-bond donors (Lipinski definition) is 0. The molecule has 0 saturated carbocycles. The number of aromatic nitrogens is 3. The number of cyclic esters (lactones) is 1. The normalized spacial score (nSPS) is 14.6. The van der Waals surface area contributed by atoms with Crippen LogP contribution in [0.1, 0.15) is 79.1 Å². The fourth-order valence-corrected chi connectivity index (χ4v) is 6.69. The number of fused-ring (bicyclic) bond motifs is 3. The topological polar surface area (TPSA) is 49.1 Å². The van der Waals surface area contributed by atoms with Crippen molar-refractivity contribution in [1.82, 2.24) is 14.1 Å². The van der Waals surface area contributed by atoms with Gasteiger partial charge in [-0.15, -0.1) is 0 Å². The van der Waals surface area contributed by atoms with E-state index in [4.69, 9.17) is 4.74 Å². The minimum atomic E-state index is -1.11. The van der Waals surface area contributed by atoms with Crippen LogP contribution in [0.3, 0.4) is 0 Å². The lowest BCUT2D eigenvalue weighted by atomic mass is 9.78. The molecule has 40 heavy (non-hydrogen) atoms. The Labute approximate surface area is 236 Å². The maximum Gasteiger partial charge on any atom is 0.358 e. The largest absolute Gasteiger partial charge is 0.439 e. The number of rotatable bonds is 8. The molecule has 5 aromatic rings. The van der Waals surface area contributed by atoms with E-state index in [1.807, 2.05) is 12.1 Å². The number of esters is 1. The predicted molar refractivity (Wildman–Crippen MR) is 162 cm³/mol. The van der Waals surface area contributed by atoms with Gasteiger partial charge in [-0.25, -0.2) is 9.78 Å². The number of para-hydroxylation sites is 2. The molecule has 0 radical (unpaired) electrons. The van der Waals surface area contributed by atoms with E-state index >= 15 is 0 Å². The standard InChI is InChI=1S/C35H39N3O2/c1-22(2)17-20-37-24(5)31(26-12-7-9-15-29(26)37)35(28-14-11-19-36-33(28)34(39)40-35)32-25(6)38(21-18-23(3)4)30-16-10-8-13-27(30)32/h7-16,19,22-23H,17-18,20-21H2,1-6H3. The molecule has 1 aliphatic rings. The first-order chi connectivity index (χ1) is 19.3. The van der Waals surface area contributed by atoms with E-state index in [1.54, 1.807) is 6.20 Å². The van der Waals surface area contributed by atoms with Gasteiger partial charge >= 0.3 is 5.97 Å². The number of carbonyl (C=O) groups is 1. The first-order valence-corrected chi connectivity index (χ1v) is 14.6. The highest BCUT2D eigenvalue weighted by Crippen LogP contribution is 2.53. The van der Waals surface area contributed by atoms with Crippen LogP contribution in [0.2, 0.25) is 0 Å². The van der Waals surface area contributed by atoms with E-state index in [-0.39, 0.29) is 5.97 Å². The molecule has 2 aromatic carbocycles. The predicted octanol–water partition coefficient (Wildman–Crippen LogP) is 8.16. The average molecular weight is 534 g/mol. The van der Waals surface area contributed by atoms with E-state index in [2.05, 4.69) is 104 Å². The molecule has 0 spiro atoms. The van der Waals surface area contributed by atoms with Crippen LogP contribution < -0.4 is 0 Å². The van der Waals surface area contributed by atoms with E-state index in [0.717, 1.165) is 64.8 Å². The van der Waals surface area contributed by atoms with Crippen LogP contribution in [-0.4, -0.2) is 20.1 Å². The van der Waals surface area contributed by atoms with Crippen LogP contribution >= 0.6 is 0 Å². The molecule has 5 heteroatoms. The Morgan fingerprint density at radius 1 is 0.750 bits per heavy atom. The Morgan fingerprint density at radius 2 is 1.25 bits per heavy atom. The van der Waals surface area contributed by atoms with Crippen LogP contribution in [0.25, 0.3) is 21.8 Å². The minimum Gasteiger partial charge on any atom is -0.439 e.